The molecule has 1 unspecified atom stereocenters. The second-order valence-electron chi connectivity index (χ2n) is 7.34. The molecule has 2 aromatic rings. The number of carbonyl (C=O) groups is 1. The van der Waals surface area contributed by atoms with Crippen molar-refractivity contribution in [3.8, 4) is 0 Å². The Balaban J connectivity index is 1.79. The SMILES string of the molecule is CC1(CC(F)(F)S(=O)(=O)c2ccccc2)C(=O)N2CCCc3cccc1c32. The third-order valence-electron chi connectivity index (χ3n) is 5.53. The van der Waals surface area contributed by atoms with Gasteiger partial charge in [0.25, 0.3) is 0 Å². The molecule has 0 aromatic heterocycles. The van der Waals surface area contributed by atoms with Crippen molar-refractivity contribution in [2.45, 2.75) is 41.8 Å². The van der Waals surface area contributed by atoms with Crippen LogP contribution in [0.4, 0.5) is 14.5 Å². The first kappa shape index (κ1) is 18.1. The van der Waals surface area contributed by atoms with Crippen LogP contribution in [0.1, 0.15) is 30.9 Å². The molecule has 142 valence electrons. The minimum atomic E-state index is -4.91. The summed E-state index contributed by atoms with van der Waals surface area (Å²) in [6.45, 7) is 1.90. The highest BCUT2D eigenvalue weighted by Gasteiger charge is 2.58. The monoisotopic (exact) mass is 391 g/mol. The van der Waals surface area contributed by atoms with Crippen LogP contribution in [-0.2, 0) is 26.5 Å². The normalized spacial score (nSPS) is 22.0. The van der Waals surface area contributed by atoms with E-state index in [0.29, 0.717) is 17.8 Å². The van der Waals surface area contributed by atoms with E-state index in [1.807, 2.05) is 6.07 Å². The zero-order chi connectivity index (χ0) is 19.4. The van der Waals surface area contributed by atoms with E-state index < -0.39 is 37.7 Å². The third-order valence-corrected chi connectivity index (χ3v) is 7.36. The van der Waals surface area contributed by atoms with Crippen molar-refractivity contribution >= 4 is 21.4 Å². The van der Waals surface area contributed by atoms with Crippen molar-refractivity contribution < 1.29 is 22.0 Å². The highest BCUT2D eigenvalue weighted by Crippen LogP contribution is 2.51. The summed E-state index contributed by atoms with van der Waals surface area (Å²) in [6.07, 6.45) is 0.460. The summed E-state index contributed by atoms with van der Waals surface area (Å²) in [4.78, 5) is 14.1. The molecule has 0 spiro atoms. The van der Waals surface area contributed by atoms with E-state index in [9.17, 15) is 13.2 Å². The van der Waals surface area contributed by atoms with E-state index in [1.165, 1.54) is 19.1 Å². The number of hydrogen-bond donors (Lipinski definition) is 0. The molecule has 0 radical (unpaired) electrons. The first-order valence-corrected chi connectivity index (χ1v) is 10.3. The van der Waals surface area contributed by atoms with Crippen molar-refractivity contribution in [3.63, 3.8) is 0 Å². The first-order chi connectivity index (χ1) is 12.7. The standard InChI is InChI=1S/C20H19F2NO3S/c1-19(13-20(21,22)27(25,26)15-9-3-2-4-10-15)16-11-5-7-14-8-6-12-23(17(14)16)18(19)24/h2-5,7,9-11H,6,8,12-13H2,1H3. The van der Waals surface area contributed by atoms with E-state index in [-0.39, 0.29) is 0 Å². The number of benzene rings is 2. The number of carbonyl (C=O) groups excluding carboxylic acids is 1. The number of halogens is 2. The Kier molecular flexibility index (Phi) is 3.93. The van der Waals surface area contributed by atoms with E-state index in [0.717, 1.165) is 30.5 Å². The van der Waals surface area contributed by atoms with Crippen molar-refractivity contribution in [3.05, 3.63) is 59.7 Å². The predicted molar refractivity (Wildman–Crippen MR) is 97.7 cm³/mol. The molecule has 0 aliphatic carbocycles. The van der Waals surface area contributed by atoms with Crippen LogP contribution < -0.4 is 4.90 Å². The Labute approximate surface area is 156 Å². The van der Waals surface area contributed by atoms with Gasteiger partial charge in [0.05, 0.1) is 16.0 Å². The summed E-state index contributed by atoms with van der Waals surface area (Å²) in [5.41, 5.74) is 0.544. The van der Waals surface area contributed by atoms with Gasteiger partial charge < -0.3 is 4.90 Å². The topological polar surface area (TPSA) is 54.5 Å². The number of anilines is 1. The molecule has 7 heteroatoms. The quantitative estimate of drug-likeness (QED) is 0.799. The van der Waals surface area contributed by atoms with Crippen molar-refractivity contribution in [1.82, 2.24) is 0 Å². The molecule has 0 N–H and O–H groups in total. The van der Waals surface area contributed by atoms with Gasteiger partial charge >= 0.3 is 5.25 Å². The fourth-order valence-electron chi connectivity index (χ4n) is 4.16. The maximum atomic E-state index is 15.0. The summed E-state index contributed by atoms with van der Waals surface area (Å²) >= 11 is 0. The molecule has 0 saturated carbocycles. The van der Waals surface area contributed by atoms with Gasteiger partial charge in [0.15, 0.2) is 0 Å². The molecule has 2 aromatic carbocycles. The molecule has 2 aliphatic heterocycles. The summed E-state index contributed by atoms with van der Waals surface area (Å²) in [6, 6.07) is 12.0. The van der Waals surface area contributed by atoms with Gasteiger partial charge in [-0.3, -0.25) is 4.79 Å². The largest absolute Gasteiger partial charge is 0.351 e. The Bertz CT molecular complexity index is 1020. The second kappa shape index (κ2) is 5.86. The van der Waals surface area contributed by atoms with Crippen LogP contribution in [-0.4, -0.2) is 26.1 Å². The molecule has 27 heavy (non-hydrogen) atoms. The van der Waals surface area contributed by atoms with Gasteiger partial charge in [0.1, 0.15) is 0 Å². The van der Waals surface area contributed by atoms with Crippen molar-refractivity contribution in [2.75, 3.05) is 11.4 Å². The lowest BCUT2D eigenvalue weighted by Gasteiger charge is -2.29. The fourth-order valence-corrected chi connectivity index (χ4v) is 5.50. The van der Waals surface area contributed by atoms with E-state index in [2.05, 4.69) is 0 Å². The van der Waals surface area contributed by atoms with Gasteiger partial charge in [-0.15, -0.1) is 0 Å². The lowest BCUT2D eigenvalue weighted by molar-refractivity contribution is -0.124. The van der Waals surface area contributed by atoms with Gasteiger partial charge in [-0.2, -0.15) is 8.78 Å². The number of para-hydroxylation sites is 1. The third kappa shape index (κ3) is 2.51. The lowest BCUT2D eigenvalue weighted by atomic mass is 9.80. The Morgan fingerprint density at radius 3 is 2.52 bits per heavy atom. The predicted octanol–water partition coefficient (Wildman–Crippen LogP) is 3.69. The number of nitrogens with zero attached hydrogens (tertiary/aromatic N) is 1. The highest BCUT2D eigenvalue weighted by molar-refractivity contribution is 7.92. The van der Waals surface area contributed by atoms with Crippen LogP contribution in [0.5, 0.6) is 0 Å². The van der Waals surface area contributed by atoms with Gasteiger partial charge in [0, 0.05) is 13.0 Å². The molecular weight excluding hydrogens is 372 g/mol. The number of sulfone groups is 1. The van der Waals surface area contributed by atoms with Crippen LogP contribution in [0.3, 0.4) is 0 Å². The number of hydrogen-bond acceptors (Lipinski definition) is 3. The molecular formula is C20H19F2NO3S. The molecule has 0 bridgehead atoms. The summed E-state index contributed by atoms with van der Waals surface area (Å²) in [5.74, 6) is -0.451. The van der Waals surface area contributed by atoms with Crippen LogP contribution in [0.2, 0.25) is 0 Å². The Morgan fingerprint density at radius 1 is 1.11 bits per heavy atom. The average Bonchev–Trinajstić information content (AvgIpc) is 2.86. The maximum absolute atomic E-state index is 15.0. The molecule has 0 saturated heterocycles. The lowest BCUT2D eigenvalue weighted by Crippen LogP contribution is -2.45. The zero-order valence-corrected chi connectivity index (χ0v) is 15.6. The van der Waals surface area contributed by atoms with Crippen molar-refractivity contribution in [2.24, 2.45) is 0 Å². The van der Waals surface area contributed by atoms with Crippen LogP contribution in [0.25, 0.3) is 0 Å². The molecule has 2 aliphatic rings. The summed E-state index contributed by atoms with van der Waals surface area (Å²) in [7, 11) is -4.91. The van der Waals surface area contributed by atoms with Gasteiger partial charge in [0.2, 0.25) is 15.7 Å². The van der Waals surface area contributed by atoms with Crippen LogP contribution >= 0.6 is 0 Å². The zero-order valence-electron chi connectivity index (χ0n) is 14.8. The minimum Gasteiger partial charge on any atom is -0.311 e. The molecule has 1 atom stereocenters. The van der Waals surface area contributed by atoms with E-state index in [1.54, 1.807) is 23.1 Å². The number of amides is 1. The Morgan fingerprint density at radius 2 is 1.81 bits per heavy atom. The molecule has 4 nitrogen and oxygen atoms in total. The summed E-state index contributed by atoms with van der Waals surface area (Å²) < 4.78 is 55.2. The number of alkyl halides is 2. The molecule has 2 heterocycles. The minimum absolute atomic E-state index is 0.445. The van der Waals surface area contributed by atoms with Crippen molar-refractivity contribution in [1.29, 1.82) is 0 Å². The van der Waals surface area contributed by atoms with E-state index >= 15 is 8.78 Å². The van der Waals surface area contributed by atoms with Gasteiger partial charge in [-0.1, -0.05) is 36.4 Å². The Hall–Kier alpha value is -2.28. The molecule has 1 amide bonds. The molecule has 0 fully saturated rings. The fraction of sp³-hybridized carbons (Fsp3) is 0.350. The first-order valence-electron chi connectivity index (χ1n) is 8.80. The average molecular weight is 391 g/mol. The van der Waals surface area contributed by atoms with E-state index in [4.69, 9.17) is 0 Å². The maximum Gasteiger partial charge on any atom is 0.351 e. The van der Waals surface area contributed by atoms with Gasteiger partial charge in [-0.25, -0.2) is 8.42 Å². The highest BCUT2D eigenvalue weighted by atomic mass is 32.2. The van der Waals surface area contributed by atoms with Gasteiger partial charge in [-0.05, 0) is 43.0 Å². The molecule has 4 rings (SSSR count). The number of rotatable bonds is 4. The van der Waals surface area contributed by atoms with Crippen LogP contribution in [0.15, 0.2) is 53.4 Å². The second-order valence-corrected chi connectivity index (χ2v) is 9.41. The van der Waals surface area contributed by atoms with Crippen LogP contribution in [0, 0.1) is 0 Å². The number of aryl methyl sites for hydroxylation is 1. The summed E-state index contributed by atoms with van der Waals surface area (Å²) in [5, 5.41) is -4.07. The smallest absolute Gasteiger partial charge is 0.311 e.